The van der Waals surface area contributed by atoms with Crippen LogP contribution in [0.15, 0.2) is 11.1 Å². The molecule has 2 aromatic rings. The fraction of sp³-hybridized carbons (Fsp3) is 0.444. The first kappa shape index (κ1) is 13.6. The van der Waals surface area contributed by atoms with Crippen molar-refractivity contribution >= 4 is 23.4 Å². The topological polar surface area (TPSA) is 64.8 Å². The third-order valence-electron chi connectivity index (χ3n) is 2.06. The van der Waals surface area contributed by atoms with Crippen molar-refractivity contribution in [1.29, 1.82) is 0 Å². The van der Waals surface area contributed by atoms with Crippen molar-refractivity contribution in [3.8, 4) is 0 Å². The summed E-state index contributed by atoms with van der Waals surface area (Å²) in [5.74, 6) is 0.368. The molecular formula is C9H11N4NaOS. The summed E-state index contributed by atoms with van der Waals surface area (Å²) >= 11 is 5.00. The Morgan fingerprint density at radius 1 is 1.62 bits per heavy atom. The SMILES string of the molecule is CC(C)Cn1c(=O)[nH]c(=S)c2[n-]cnc21.[Na+]. The minimum absolute atomic E-state index is 0. The van der Waals surface area contributed by atoms with Crippen LogP contribution in [0, 0.1) is 10.6 Å². The number of imidazole rings is 1. The fourth-order valence-corrected chi connectivity index (χ4v) is 1.70. The van der Waals surface area contributed by atoms with E-state index in [2.05, 4.69) is 15.0 Å². The van der Waals surface area contributed by atoms with Gasteiger partial charge in [-0.05, 0) is 5.92 Å². The van der Waals surface area contributed by atoms with Crippen LogP contribution in [-0.4, -0.2) is 14.5 Å². The molecule has 2 heterocycles. The summed E-state index contributed by atoms with van der Waals surface area (Å²) < 4.78 is 1.93. The molecule has 0 saturated heterocycles. The van der Waals surface area contributed by atoms with Gasteiger partial charge in [-0.1, -0.05) is 32.4 Å². The fourth-order valence-electron chi connectivity index (χ4n) is 1.47. The van der Waals surface area contributed by atoms with Gasteiger partial charge in [-0.25, -0.2) is 4.79 Å². The second kappa shape index (κ2) is 5.27. The zero-order valence-electron chi connectivity index (χ0n) is 9.52. The largest absolute Gasteiger partial charge is 1.00 e. The molecular weight excluding hydrogens is 235 g/mol. The smallest absolute Gasteiger partial charge is 0.439 e. The minimum atomic E-state index is -0.221. The number of aromatic amines is 1. The Bertz CT molecular complexity index is 597. The molecule has 0 aliphatic heterocycles. The van der Waals surface area contributed by atoms with Crippen LogP contribution in [0.3, 0.4) is 0 Å². The van der Waals surface area contributed by atoms with Crippen molar-refractivity contribution in [3.05, 3.63) is 21.5 Å². The van der Waals surface area contributed by atoms with Crippen molar-refractivity contribution in [2.45, 2.75) is 20.4 Å². The third kappa shape index (κ3) is 2.45. The van der Waals surface area contributed by atoms with E-state index < -0.39 is 0 Å². The standard InChI is InChI=1S/C9H12N4OS.Na/c1-5(2)3-13-7-6(10-4-11-7)8(15)12-9(13)14;/h4-5H,3H2,1-2H3,(H2,10,11,12,14,15);/q;+1/p-1. The van der Waals surface area contributed by atoms with E-state index in [0.29, 0.717) is 28.3 Å². The predicted molar refractivity (Wildman–Crippen MR) is 59.3 cm³/mol. The summed E-state index contributed by atoms with van der Waals surface area (Å²) in [5.41, 5.74) is 0.935. The summed E-state index contributed by atoms with van der Waals surface area (Å²) in [6, 6.07) is 0. The average molecular weight is 246 g/mol. The molecule has 0 amide bonds. The molecule has 7 heteroatoms. The summed E-state index contributed by atoms with van der Waals surface area (Å²) in [7, 11) is 0. The second-order valence-electron chi connectivity index (χ2n) is 3.81. The first-order chi connectivity index (χ1) is 7.09. The van der Waals surface area contributed by atoms with E-state index in [1.165, 1.54) is 6.33 Å². The van der Waals surface area contributed by atoms with Gasteiger partial charge in [0.2, 0.25) is 0 Å². The van der Waals surface area contributed by atoms with E-state index in [-0.39, 0.29) is 35.2 Å². The molecule has 80 valence electrons. The van der Waals surface area contributed by atoms with Crippen LogP contribution < -0.4 is 40.2 Å². The minimum Gasteiger partial charge on any atom is -0.439 e. The molecule has 0 unspecified atom stereocenters. The van der Waals surface area contributed by atoms with E-state index in [0.717, 1.165) is 0 Å². The van der Waals surface area contributed by atoms with Crippen molar-refractivity contribution in [3.63, 3.8) is 0 Å². The van der Waals surface area contributed by atoms with Crippen LogP contribution in [0.5, 0.6) is 0 Å². The molecule has 0 saturated carbocycles. The van der Waals surface area contributed by atoms with Crippen LogP contribution in [-0.2, 0) is 6.54 Å². The number of nitrogens with one attached hydrogen (secondary N) is 1. The van der Waals surface area contributed by atoms with E-state index in [1.807, 2.05) is 13.8 Å². The number of hydrogen-bond acceptors (Lipinski definition) is 3. The molecule has 0 aliphatic carbocycles. The normalized spacial score (nSPS) is 10.7. The van der Waals surface area contributed by atoms with Gasteiger partial charge in [0.1, 0.15) is 4.64 Å². The molecule has 0 aliphatic rings. The Morgan fingerprint density at radius 2 is 2.31 bits per heavy atom. The summed E-state index contributed by atoms with van der Waals surface area (Å²) in [6.45, 7) is 4.69. The molecule has 2 rings (SSSR count). The number of nitrogens with zero attached hydrogens (tertiary/aromatic N) is 3. The van der Waals surface area contributed by atoms with Gasteiger partial charge >= 0.3 is 35.2 Å². The van der Waals surface area contributed by atoms with Crippen LogP contribution in [0.25, 0.3) is 11.2 Å². The Labute approximate surface area is 120 Å². The van der Waals surface area contributed by atoms with Crippen molar-refractivity contribution < 1.29 is 29.6 Å². The van der Waals surface area contributed by atoms with Gasteiger partial charge in [0.25, 0.3) is 0 Å². The van der Waals surface area contributed by atoms with E-state index in [1.54, 1.807) is 4.57 Å². The van der Waals surface area contributed by atoms with Gasteiger partial charge in [0.15, 0.2) is 0 Å². The van der Waals surface area contributed by atoms with Crippen molar-refractivity contribution in [2.24, 2.45) is 5.92 Å². The summed E-state index contributed by atoms with van der Waals surface area (Å²) in [6.07, 6.45) is 1.42. The quantitative estimate of drug-likeness (QED) is 0.495. The summed E-state index contributed by atoms with van der Waals surface area (Å²) in [4.78, 5) is 22.3. The van der Waals surface area contributed by atoms with Gasteiger partial charge in [0, 0.05) is 17.7 Å². The zero-order valence-corrected chi connectivity index (χ0v) is 12.3. The Hall–Kier alpha value is -0.430. The van der Waals surface area contributed by atoms with Gasteiger partial charge < -0.3 is 9.97 Å². The van der Waals surface area contributed by atoms with Crippen molar-refractivity contribution in [2.75, 3.05) is 0 Å². The first-order valence-electron chi connectivity index (χ1n) is 4.70. The molecule has 1 N–H and O–H groups in total. The van der Waals surface area contributed by atoms with Crippen LogP contribution in [0.1, 0.15) is 13.8 Å². The number of aromatic nitrogens is 4. The number of H-pyrrole nitrogens is 1. The van der Waals surface area contributed by atoms with Crippen LogP contribution in [0.4, 0.5) is 0 Å². The van der Waals surface area contributed by atoms with E-state index >= 15 is 0 Å². The van der Waals surface area contributed by atoms with Gasteiger partial charge in [-0.2, -0.15) is 0 Å². The van der Waals surface area contributed by atoms with Gasteiger partial charge in [0.05, 0.1) is 0 Å². The van der Waals surface area contributed by atoms with E-state index in [9.17, 15) is 4.79 Å². The number of rotatable bonds is 2. The second-order valence-corrected chi connectivity index (χ2v) is 4.22. The maximum absolute atomic E-state index is 11.7. The Morgan fingerprint density at radius 3 is 2.94 bits per heavy atom. The molecule has 0 spiro atoms. The molecule has 0 radical (unpaired) electrons. The summed E-state index contributed by atoms with van der Waals surface area (Å²) in [5, 5.41) is 0. The molecule has 2 aromatic heterocycles. The van der Waals surface area contributed by atoms with E-state index in [4.69, 9.17) is 12.2 Å². The van der Waals surface area contributed by atoms with Gasteiger partial charge in [-0.3, -0.25) is 9.55 Å². The van der Waals surface area contributed by atoms with Crippen LogP contribution in [0.2, 0.25) is 0 Å². The van der Waals surface area contributed by atoms with Gasteiger partial charge in [-0.15, -0.1) is 0 Å². The number of fused-ring (bicyclic) bond motifs is 1. The Kier molecular flexibility index (Phi) is 4.49. The van der Waals surface area contributed by atoms with Crippen molar-refractivity contribution in [1.82, 2.24) is 19.5 Å². The third-order valence-corrected chi connectivity index (χ3v) is 2.36. The molecule has 16 heavy (non-hydrogen) atoms. The van der Waals surface area contributed by atoms with Crippen LogP contribution >= 0.6 is 12.2 Å². The Balaban J connectivity index is 0.00000128. The molecule has 5 nitrogen and oxygen atoms in total. The molecule has 0 aromatic carbocycles. The number of hydrogen-bond donors (Lipinski definition) is 1. The maximum Gasteiger partial charge on any atom is 1.00 e. The molecule has 0 atom stereocenters. The predicted octanol–water partition coefficient (Wildman–Crippen LogP) is -1.93. The average Bonchev–Trinajstić information content (AvgIpc) is 2.60. The maximum atomic E-state index is 11.7. The monoisotopic (exact) mass is 246 g/mol. The first-order valence-corrected chi connectivity index (χ1v) is 5.11. The zero-order chi connectivity index (χ0) is 11.0. The molecule has 0 fully saturated rings. The molecule has 0 bridgehead atoms.